The number of hydrogen-bond acceptors (Lipinski definition) is 5. The number of aryl methyl sites for hydroxylation is 1. The summed E-state index contributed by atoms with van der Waals surface area (Å²) in [5.74, 6) is 2.22. The van der Waals surface area contributed by atoms with Crippen LogP contribution in [0.4, 0.5) is 11.6 Å². The molecule has 0 aromatic carbocycles. The molecule has 1 aliphatic heterocycles. The van der Waals surface area contributed by atoms with Crippen molar-refractivity contribution in [3.05, 3.63) is 11.9 Å². The zero-order chi connectivity index (χ0) is 11.5. The van der Waals surface area contributed by atoms with E-state index in [-0.39, 0.29) is 0 Å². The summed E-state index contributed by atoms with van der Waals surface area (Å²) in [6.45, 7) is 3.62. The topological polar surface area (TPSA) is 64.3 Å². The minimum Gasteiger partial charge on any atom is -0.384 e. The van der Waals surface area contributed by atoms with Crippen LogP contribution in [0.5, 0.6) is 0 Å². The Kier molecular flexibility index (Phi) is 3.24. The van der Waals surface area contributed by atoms with E-state index in [0.29, 0.717) is 11.9 Å². The maximum atomic E-state index is 5.76. The molecule has 2 rings (SSSR count). The highest BCUT2D eigenvalue weighted by Gasteiger charge is 2.21. The van der Waals surface area contributed by atoms with E-state index >= 15 is 0 Å². The third-order valence-electron chi connectivity index (χ3n) is 2.91. The van der Waals surface area contributed by atoms with Gasteiger partial charge >= 0.3 is 0 Å². The first-order valence-corrected chi connectivity index (χ1v) is 5.64. The normalized spacial score (nSPS) is 20.0. The molecule has 2 heterocycles. The Morgan fingerprint density at radius 2 is 2.38 bits per heavy atom. The summed E-state index contributed by atoms with van der Waals surface area (Å²) in [5.41, 5.74) is 5.76. The molecule has 5 nitrogen and oxygen atoms in total. The molecule has 0 saturated carbocycles. The van der Waals surface area contributed by atoms with E-state index in [4.69, 9.17) is 10.5 Å². The van der Waals surface area contributed by atoms with Crippen molar-refractivity contribution >= 4 is 11.6 Å². The third-order valence-corrected chi connectivity index (χ3v) is 2.91. The standard InChI is InChI=1S/C11H18N4O/c1-3-10-13-9(12)6-11(14-10)15(2)8-4-5-16-7-8/h6,8H,3-5,7H2,1-2H3,(H2,12,13,14). The minimum atomic E-state index is 0.402. The van der Waals surface area contributed by atoms with Crippen LogP contribution in [0.15, 0.2) is 6.07 Å². The van der Waals surface area contributed by atoms with Crippen molar-refractivity contribution in [3.8, 4) is 0 Å². The van der Waals surface area contributed by atoms with E-state index in [1.807, 2.05) is 20.0 Å². The average molecular weight is 222 g/mol. The molecular formula is C11H18N4O. The van der Waals surface area contributed by atoms with E-state index in [9.17, 15) is 0 Å². The molecule has 0 bridgehead atoms. The van der Waals surface area contributed by atoms with E-state index in [1.54, 1.807) is 0 Å². The Morgan fingerprint density at radius 3 is 3.00 bits per heavy atom. The van der Waals surface area contributed by atoms with Crippen LogP contribution in [0.3, 0.4) is 0 Å². The summed E-state index contributed by atoms with van der Waals surface area (Å²) in [5, 5.41) is 0. The van der Waals surface area contributed by atoms with Gasteiger partial charge < -0.3 is 15.4 Å². The lowest BCUT2D eigenvalue weighted by molar-refractivity contribution is 0.193. The van der Waals surface area contributed by atoms with Crippen LogP contribution in [0, 0.1) is 0 Å². The first kappa shape index (κ1) is 11.1. The molecule has 0 amide bonds. The summed E-state index contributed by atoms with van der Waals surface area (Å²) in [6, 6.07) is 2.22. The molecule has 1 saturated heterocycles. The molecule has 1 unspecified atom stereocenters. The molecule has 1 aromatic rings. The predicted octanol–water partition coefficient (Wildman–Crippen LogP) is 0.846. The van der Waals surface area contributed by atoms with Crippen molar-refractivity contribution in [2.24, 2.45) is 0 Å². The second kappa shape index (κ2) is 4.65. The number of likely N-dealkylation sites (N-methyl/N-ethyl adjacent to an activating group) is 1. The highest BCUT2D eigenvalue weighted by molar-refractivity contribution is 5.47. The molecular weight excluding hydrogens is 204 g/mol. The van der Waals surface area contributed by atoms with Crippen molar-refractivity contribution in [1.82, 2.24) is 9.97 Å². The van der Waals surface area contributed by atoms with Crippen molar-refractivity contribution in [2.45, 2.75) is 25.8 Å². The Balaban J connectivity index is 2.21. The highest BCUT2D eigenvalue weighted by Crippen LogP contribution is 2.19. The second-order valence-corrected chi connectivity index (χ2v) is 4.05. The fraction of sp³-hybridized carbons (Fsp3) is 0.636. The largest absolute Gasteiger partial charge is 0.384 e. The van der Waals surface area contributed by atoms with Crippen molar-refractivity contribution < 1.29 is 4.74 Å². The predicted molar refractivity (Wildman–Crippen MR) is 63.4 cm³/mol. The Labute approximate surface area is 95.6 Å². The average Bonchev–Trinajstić information content (AvgIpc) is 2.80. The molecule has 88 valence electrons. The quantitative estimate of drug-likeness (QED) is 0.821. The van der Waals surface area contributed by atoms with Gasteiger partial charge in [0.15, 0.2) is 0 Å². The van der Waals surface area contributed by atoms with E-state index in [2.05, 4.69) is 14.9 Å². The van der Waals surface area contributed by atoms with Gasteiger partial charge in [0, 0.05) is 26.1 Å². The molecule has 5 heteroatoms. The molecule has 0 radical (unpaired) electrons. The Bertz CT molecular complexity index is 363. The number of aromatic nitrogens is 2. The molecule has 1 aromatic heterocycles. The van der Waals surface area contributed by atoms with Gasteiger partial charge in [-0.15, -0.1) is 0 Å². The Hall–Kier alpha value is -1.36. The minimum absolute atomic E-state index is 0.402. The SMILES string of the molecule is CCc1nc(N)cc(N(C)C2CCOC2)n1. The maximum Gasteiger partial charge on any atom is 0.134 e. The number of rotatable bonds is 3. The van der Waals surface area contributed by atoms with Gasteiger partial charge in [0.25, 0.3) is 0 Å². The molecule has 16 heavy (non-hydrogen) atoms. The van der Waals surface area contributed by atoms with E-state index < -0.39 is 0 Å². The third kappa shape index (κ3) is 2.24. The fourth-order valence-corrected chi connectivity index (χ4v) is 1.86. The summed E-state index contributed by atoms with van der Waals surface area (Å²) >= 11 is 0. The zero-order valence-electron chi connectivity index (χ0n) is 9.81. The molecule has 0 spiro atoms. The number of nitrogen functional groups attached to an aromatic ring is 1. The Morgan fingerprint density at radius 1 is 1.56 bits per heavy atom. The van der Waals surface area contributed by atoms with Gasteiger partial charge in [0.05, 0.1) is 12.6 Å². The lowest BCUT2D eigenvalue weighted by Crippen LogP contribution is -2.32. The number of ether oxygens (including phenoxy) is 1. The lowest BCUT2D eigenvalue weighted by atomic mass is 10.2. The smallest absolute Gasteiger partial charge is 0.134 e. The molecule has 1 atom stereocenters. The monoisotopic (exact) mass is 222 g/mol. The summed E-state index contributed by atoms with van der Waals surface area (Å²) in [4.78, 5) is 10.8. The van der Waals surface area contributed by atoms with Crippen LogP contribution in [-0.2, 0) is 11.2 Å². The van der Waals surface area contributed by atoms with E-state index in [1.165, 1.54) is 0 Å². The molecule has 0 aliphatic carbocycles. The maximum absolute atomic E-state index is 5.76. The lowest BCUT2D eigenvalue weighted by Gasteiger charge is -2.24. The fourth-order valence-electron chi connectivity index (χ4n) is 1.86. The van der Waals surface area contributed by atoms with Gasteiger partial charge in [-0.1, -0.05) is 6.92 Å². The van der Waals surface area contributed by atoms with Crippen LogP contribution in [-0.4, -0.2) is 36.3 Å². The summed E-state index contributed by atoms with van der Waals surface area (Å²) < 4.78 is 5.37. The molecule has 1 fully saturated rings. The number of hydrogen-bond donors (Lipinski definition) is 1. The van der Waals surface area contributed by atoms with Crippen LogP contribution in [0.25, 0.3) is 0 Å². The van der Waals surface area contributed by atoms with Gasteiger partial charge in [-0.25, -0.2) is 9.97 Å². The second-order valence-electron chi connectivity index (χ2n) is 4.05. The van der Waals surface area contributed by atoms with Crippen LogP contribution >= 0.6 is 0 Å². The molecule has 1 aliphatic rings. The van der Waals surface area contributed by atoms with Crippen molar-refractivity contribution in [3.63, 3.8) is 0 Å². The highest BCUT2D eigenvalue weighted by atomic mass is 16.5. The van der Waals surface area contributed by atoms with Crippen LogP contribution in [0.2, 0.25) is 0 Å². The van der Waals surface area contributed by atoms with Gasteiger partial charge in [0.2, 0.25) is 0 Å². The summed E-state index contributed by atoms with van der Waals surface area (Å²) in [7, 11) is 2.03. The first-order valence-electron chi connectivity index (χ1n) is 5.64. The molecule has 2 N–H and O–H groups in total. The van der Waals surface area contributed by atoms with Crippen LogP contribution in [0.1, 0.15) is 19.2 Å². The van der Waals surface area contributed by atoms with Gasteiger partial charge in [-0.2, -0.15) is 0 Å². The number of nitrogens with zero attached hydrogens (tertiary/aromatic N) is 3. The van der Waals surface area contributed by atoms with Crippen molar-refractivity contribution in [2.75, 3.05) is 30.9 Å². The number of anilines is 2. The van der Waals surface area contributed by atoms with E-state index in [0.717, 1.165) is 37.7 Å². The van der Waals surface area contributed by atoms with Gasteiger partial charge in [-0.05, 0) is 6.42 Å². The van der Waals surface area contributed by atoms with Crippen molar-refractivity contribution in [1.29, 1.82) is 0 Å². The number of nitrogens with two attached hydrogens (primary N) is 1. The summed E-state index contributed by atoms with van der Waals surface area (Å²) in [6.07, 6.45) is 1.84. The van der Waals surface area contributed by atoms with Gasteiger partial charge in [-0.3, -0.25) is 0 Å². The first-order chi connectivity index (χ1) is 7.70. The van der Waals surface area contributed by atoms with Gasteiger partial charge in [0.1, 0.15) is 17.5 Å². The zero-order valence-corrected chi connectivity index (χ0v) is 9.81. The van der Waals surface area contributed by atoms with Crippen LogP contribution < -0.4 is 10.6 Å².